The monoisotopic (exact) mass is 609 g/mol. The molecule has 4 atom stereocenters. The molecule has 9 N–H and O–H groups in total. The number of hydrogen-bond acceptors (Lipinski definition) is 7. The maximum atomic E-state index is 13.3. The van der Waals surface area contributed by atoms with Crippen molar-refractivity contribution >= 4 is 46.5 Å². The lowest BCUT2D eigenvalue weighted by atomic mass is 10.0. The Bertz CT molecular complexity index is 1490. The molecule has 14 nitrogen and oxygen atoms in total. The van der Waals surface area contributed by atoms with Crippen LogP contribution in [0.15, 0.2) is 60.8 Å². The van der Waals surface area contributed by atoms with Gasteiger partial charge < -0.3 is 42.0 Å². The van der Waals surface area contributed by atoms with E-state index in [4.69, 9.17) is 5.73 Å². The van der Waals surface area contributed by atoms with Crippen LogP contribution in [0.3, 0.4) is 0 Å². The number of carbonyl (C=O) groups excluding carboxylic acids is 3. The van der Waals surface area contributed by atoms with Crippen LogP contribution in [0.1, 0.15) is 36.8 Å². The zero-order chi connectivity index (χ0) is 32.2. The summed E-state index contributed by atoms with van der Waals surface area (Å²) < 4.78 is 0. The molecule has 0 fully saturated rings. The molecule has 0 spiro atoms. The number of fused-ring (bicyclic) bond motifs is 1. The Labute approximate surface area is 252 Å². The first-order valence-electron chi connectivity index (χ1n) is 13.9. The van der Waals surface area contributed by atoms with Gasteiger partial charge in [-0.1, -0.05) is 48.5 Å². The minimum atomic E-state index is -1.50. The van der Waals surface area contributed by atoms with Crippen molar-refractivity contribution in [1.82, 2.24) is 20.9 Å². The predicted octanol–water partition coefficient (Wildman–Crippen LogP) is 0.549. The van der Waals surface area contributed by atoms with Crippen molar-refractivity contribution in [3.05, 3.63) is 71.9 Å². The van der Waals surface area contributed by atoms with Gasteiger partial charge in [0.2, 0.25) is 17.7 Å². The lowest BCUT2D eigenvalue weighted by Crippen LogP contribution is -2.57. The van der Waals surface area contributed by atoms with Crippen molar-refractivity contribution in [2.45, 2.75) is 62.7 Å². The Balaban J connectivity index is 1.73. The van der Waals surface area contributed by atoms with Crippen LogP contribution in [0.25, 0.3) is 10.9 Å². The highest BCUT2D eigenvalue weighted by molar-refractivity contribution is 5.95. The Hall–Kier alpha value is -5.24. The third kappa shape index (κ3) is 9.94. The van der Waals surface area contributed by atoms with Crippen LogP contribution in [0.2, 0.25) is 0 Å². The Morgan fingerprint density at radius 2 is 1.20 bits per heavy atom. The number of carboxylic acids is 3. The second kappa shape index (κ2) is 15.8. The molecule has 0 aliphatic heterocycles. The molecule has 3 amide bonds. The van der Waals surface area contributed by atoms with E-state index in [-0.39, 0.29) is 19.3 Å². The summed E-state index contributed by atoms with van der Waals surface area (Å²) in [4.78, 5) is 76.8. The molecule has 1 aromatic heterocycles. The zero-order valence-corrected chi connectivity index (χ0v) is 23.7. The number of amides is 3. The van der Waals surface area contributed by atoms with E-state index >= 15 is 0 Å². The highest BCUT2D eigenvalue weighted by atomic mass is 16.4. The molecule has 0 radical (unpaired) electrons. The molecule has 234 valence electrons. The molecule has 0 bridgehead atoms. The molecule has 44 heavy (non-hydrogen) atoms. The number of nitrogens with one attached hydrogen (secondary N) is 4. The highest BCUT2D eigenvalue weighted by Crippen LogP contribution is 2.19. The highest BCUT2D eigenvalue weighted by Gasteiger charge is 2.31. The SMILES string of the molecule is N[C@@H](Cc1c[nH]c2ccccc12)C(=O)N[C@@H](CCC(=O)O)C(=O)N[C@@H](CCC(=O)O)C(=O)N[C@@H](Cc1ccccc1)C(=O)O. The van der Waals surface area contributed by atoms with E-state index in [1.54, 1.807) is 36.5 Å². The molecule has 0 unspecified atom stereocenters. The number of para-hydroxylation sites is 1. The van der Waals surface area contributed by atoms with Gasteiger partial charge in [-0.15, -0.1) is 0 Å². The average Bonchev–Trinajstić information content (AvgIpc) is 3.39. The quantitative estimate of drug-likeness (QED) is 0.106. The molecule has 0 saturated heterocycles. The van der Waals surface area contributed by atoms with E-state index in [0.29, 0.717) is 5.56 Å². The van der Waals surface area contributed by atoms with Crippen molar-refractivity contribution in [3.63, 3.8) is 0 Å². The minimum absolute atomic E-state index is 0.0763. The first-order valence-corrected chi connectivity index (χ1v) is 13.9. The number of aliphatic carboxylic acids is 3. The van der Waals surface area contributed by atoms with Gasteiger partial charge in [0, 0.05) is 36.4 Å². The Morgan fingerprint density at radius 1 is 0.682 bits per heavy atom. The fourth-order valence-electron chi connectivity index (χ4n) is 4.58. The number of nitrogens with two attached hydrogens (primary N) is 1. The number of hydrogen-bond donors (Lipinski definition) is 8. The van der Waals surface area contributed by atoms with Gasteiger partial charge in [-0.25, -0.2) is 4.79 Å². The van der Waals surface area contributed by atoms with Crippen LogP contribution < -0.4 is 21.7 Å². The number of carbonyl (C=O) groups is 6. The fourth-order valence-corrected chi connectivity index (χ4v) is 4.58. The first kappa shape index (κ1) is 33.3. The third-order valence-corrected chi connectivity index (χ3v) is 6.91. The Kier molecular flexibility index (Phi) is 12.0. The van der Waals surface area contributed by atoms with Gasteiger partial charge in [0.05, 0.1) is 6.04 Å². The lowest BCUT2D eigenvalue weighted by molar-refractivity contribution is -0.143. The van der Waals surface area contributed by atoms with Gasteiger partial charge in [-0.2, -0.15) is 0 Å². The summed E-state index contributed by atoms with van der Waals surface area (Å²) in [5.41, 5.74) is 8.33. The summed E-state index contributed by atoms with van der Waals surface area (Å²) in [6, 6.07) is 10.4. The van der Waals surface area contributed by atoms with E-state index in [1.807, 2.05) is 24.3 Å². The molecule has 1 heterocycles. The summed E-state index contributed by atoms with van der Waals surface area (Å²) in [5, 5.41) is 36.0. The summed E-state index contributed by atoms with van der Waals surface area (Å²) in [6.45, 7) is 0. The number of benzene rings is 2. The molecular formula is C30H35N5O9. The first-order chi connectivity index (χ1) is 20.9. The topological polar surface area (TPSA) is 241 Å². The fraction of sp³-hybridized carbons (Fsp3) is 0.333. The molecule has 0 aliphatic rings. The zero-order valence-electron chi connectivity index (χ0n) is 23.7. The van der Waals surface area contributed by atoms with Gasteiger partial charge in [0.15, 0.2) is 0 Å². The maximum Gasteiger partial charge on any atom is 0.326 e. The van der Waals surface area contributed by atoms with Crippen molar-refractivity contribution < 1.29 is 44.1 Å². The predicted molar refractivity (Wildman–Crippen MR) is 157 cm³/mol. The van der Waals surface area contributed by atoms with E-state index in [2.05, 4.69) is 20.9 Å². The smallest absolute Gasteiger partial charge is 0.326 e. The van der Waals surface area contributed by atoms with Gasteiger partial charge >= 0.3 is 17.9 Å². The van der Waals surface area contributed by atoms with Crippen LogP contribution in [0.5, 0.6) is 0 Å². The number of H-pyrrole nitrogens is 1. The maximum absolute atomic E-state index is 13.3. The minimum Gasteiger partial charge on any atom is -0.481 e. The van der Waals surface area contributed by atoms with Gasteiger partial charge in [-0.05, 0) is 36.5 Å². The molecule has 3 rings (SSSR count). The van der Waals surface area contributed by atoms with Crippen LogP contribution in [-0.2, 0) is 41.6 Å². The van der Waals surface area contributed by atoms with E-state index < -0.39 is 79.1 Å². The van der Waals surface area contributed by atoms with Gasteiger partial charge in [0.25, 0.3) is 0 Å². The number of aromatic amines is 1. The number of rotatable bonds is 17. The van der Waals surface area contributed by atoms with E-state index in [1.165, 1.54) is 0 Å². The third-order valence-electron chi connectivity index (χ3n) is 6.91. The van der Waals surface area contributed by atoms with Gasteiger partial charge in [-0.3, -0.25) is 24.0 Å². The largest absolute Gasteiger partial charge is 0.481 e. The second-order valence-corrected chi connectivity index (χ2v) is 10.2. The molecule has 2 aromatic carbocycles. The molecule has 0 aliphatic carbocycles. The van der Waals surface area contributed by atoms with Crippen molar-refractivity contribution in [2.75, 3.05) is 0 Å². The van der Waals surface area contributed by atoms with Crippen LogP contribution in [0, 0.1) is 0 Å². The summed E-state index contributed by atoms with van der Waals surface area (Å²) in [7, 11) is 0. The number of aromatic nitrogens is 1. The van der Waals surface area contributed by atoms with Crippen LogP contribution in [0.4, 0.5) is 0 Å². The van der Waals surface area contributed by atoms with E-state index in [0.717, 1.165) is 16.5 Å². The normalized spacial score (nSPS) is 13.7. The van der Waals surface area contributed by atoms with Crippen molar-refractivity contribution in [3.8, 4) is 0 Å². The summed E-state index contributed by atoms with van der Waals surface area (Å²) in [6.07, 6.45) is -0.0786. The molecular weight excluding hydrogens is 574 g/mol. The van der Waals surface area contributed by atoms with E-state index in [9.17, 15) is 44.1 Å². The number of carboxylic acid groups (broad SMARTS) is 3. The molecule has 3 aromatic rings. The summed E-state index contributed by atoms with van der Waals surface area (Å²) in [5.74, 6) is -6.52. The summed E-state index contributed by atoms with van der Waals surface area (Å²) >= 11 is 0. The molecule has 14 heteroatoms. The van der Waals surface area contributed by atoms with Crippen molar-refractivity contribution in [2.24, 2.45) is 5.73 Å². The lowest BCUT2D eigenvalue weighted by Gasteiger charge is -2.25. The Morgan fingerprint density at radius 3 is 1.77 bits per heavy atom. The van der Waals surface area contributed by atoms with Crippen LogP contribution in [-0.4, -0.2) is 80.1 Å². The molecule has 0 saturated carbocycles. The standard InChI is InChI=1S/C30H35N5O9/c31-20(15-18-16-32-21-9-5-4-8-19(18)21)27(40)33-22(10-12-25(36)37)28(41)34-23(11-13-26(38)39)29(42)35-24(30(43)44)14-17-6-2-1-3-7-17/h1-9,16,20,22-24,32H,10-15,31H2,(H,33,40)(H,34,41)(H,35,42)(H,36,37)(H,38,39)(H,43,44)/t20-,22-,23-,24-/m0/s1. The second-order valence-electron chi connectivity index (χ2n) is 10.2. The average molecular weight is 610 g/mol. The van der Waals surface area contributed by atoms with Crippen LogP contribution >= 0.6 is 0 Å². The van der Waals surface area contributed by atoms with Gasteiger partial charge in [0.1, 0.15) is 18.1 Å². The van der Waals surface area contributed by atoms with Crippen molar-refractivity contribution in [1.29, 1.82) is 0 Å².